The fourth-order valence-corrected chi connectivity index (χ4v) is 5.53. The highest BCUT2D eigenvalue weighted by atomic mass is 16.3. The molecule has 1 unspecified atom stereocenters. The Kier molecular flexibility index (Phi) is 5.10. The number of hydrogen-bond donors (Lipinski definition) is 0. The molecule has 3 aromatic carbocycles. The van der Waals surface area contributed by atoms with Crippen molar-refractivity contribution in [2.75, 3.05) is 9.80 Å². The molecular weight excluding hydrogens is 430 g/mol. The van der Waals surface area contributed by atoms with Gasteiger partial charge in [-0.05, 0) is 67.3 Å². The highest BCUT2D eigenvalue weighted by molar-refractivity contribution is 6.05. The molecular formula is C31H29N3O. The van der Waals surface area contributed by atoms with Crippen LogP contribution in [0.2, 0.25) is 0 Å². The maximum atomic E-state index is 6.09. The van der Waals surface area contributed by atoms with Crippen molar-refractivity contribution in [2.24, 2.45) is 5.92 Å². The summed E-state index contributed by atoms with van der Waals surface area (Å²) in [5.41, 5.74) is 8.98. The Morgan fingerprint density at radius 3 is 2.23 bits per heavy atom. The average molecular weight is 460 g/mol. The van der Waals surface area contributed by atoms with Crippen LogP contribution < -0.4 is 9.80 Å². The number of aromatic nitrogens is 1. The molecule has 0 radical (unpaired) electrons. The summed E-state index contributed by atoms with van der Waals surface area (Å²) in [6, 6.07) is 30.0. The van der Waals surface area contributed by atoms with Gasteiger partial charge >= 0.3 is 0 Å². The van der Waals surface area contributed by atoms with E-state index < -0.39 is 0 Å². The summed E-state index contributed by atoms with van der Waals surface area (Å²) >= 11 is 0. The van der Waals surface area contributed by atoms with Crippen LogP contribution in [0.15, 0.2) is 107 Å². The highest BCUT2D eigenvalue weighted by Crippen LogP contribution is 2.48. The fourth-order valence-electron chi connectivity index (χ4n) is 5.53. The standard InChI is InChI=1S/C31H29N3O/c1-20(2)29-22(4)33(27-19-26-25-16-11-17-32-30(25)35-28(26)18-21(27)3)31(23-12-7-5-8-13-23)34(29)24-14-9-6-10-15-24/h5-20,31H,1-4H3. The molecule has 6 rings (SSSR count). The van der Waals surface area contributed by atoms with E-state index in [9.17, 15) is 0 Å². The van der Waals surface area contributed by atoms with Crippen molar-refractivity contribution in [3.63, 3.8) is 0 Å². The molecule has 0 aliphatic carbocycles. The molecule has 0 fully saturated rings. The van der Waals surface area contributed by atoms with Crippen molar-refractivity contribution in [2.45, 2.75) is 33.9 Å². The van der Waals surface area contributed by atoms with E-state index in [0.717, 1.165) is 16.4 Å². The van der Waals surface area contributed by atoms with Crippen LogP contribution in [0.4, 0.5) is 11.4 Å². The molecule has 2 aromatic heterocycles. The third kappa shape index (κ3) is 3.40. The summed E-state index contributed by atoms with van der Waals surface area (Å²) < 4.78 is 6.09. The maximum absolute atomic E-state index is 6.09. The summed E-state index contributed by atoms with van der Waals surface area (Å²) in [5.74, 6) is 0.356. The van der Waals surface area contributed by atoms with Gasteiger partial charge in [0.2, 0.25) is 5.71 Å². The van der Waals surface area contributed by atoms with Crippen molar-refractivity contribution in [3.05, 3.63) is 114 Å². The zero-order valence-corrected chi connectivity index (χ0v) is 20.6. The Hall–Kier alpha value is -4.05. The van der Waals surface area contributed by atoms with E-state index >= 15 is 0 Å². The van der Waals surface area contributed by atoms with Gasteiger partial charge in [0.1, 0.15) is 11.7 Å². The smallest absolute Gasteiger partial charge is 0.227 e. The van der Waals surface area contributed by atoms with Crippen LogP contribution in [0.1, 0.15) is 38.1 Å². The first-order valence-corrected chi connectivity index (χ1v) is 12.2. The van der Waals surface area contributed by atoms with E-state index in [1.54, 1.807) is 6.20 Å². The van der Waals surface area contributed by atoms with Gasteiger partial charge in [-0.2, -0.15) is 0 Å². The minimum atomic E-state index is 0.00319. The number of anilines is 2. The Balaban J connectivity index is 1.63. The summed E-state index contributed by atoms with van der Waals surface area (Å²) in [6.45, 7) is 9.00. The molecule has 0 saturated carbocycles. The van der Waals surface area contributed by atoms with Crippen LogP contribution in [-0.4, -0.2) is 4.98 Å². The minimum absolute atomic E-state index is 0.00319. The van der Waals surface area contributed by atoms with Crippen molar-refractivity contribution in [1.29, 1.82) is 0 Å². The zero-order chi connectivity index (χ0) is 24.1. The van der Waals surface area contributed by atoms with E-state index in [-0.39, 0.29) is 6.17 Å². The first-order chi connectivity index (χ1) is 17.0. The van der Waals surface area contributed by atoms with E-state index in [1.165, 1.54) is 33.9 Å². The van der Waals surface area contributed by atoms with Gasteiger partial charge in [-0.3, -0.25) is 0 Å². The summed E-state index contributed by atoms with van der Waals surface area (Å²) in [7, 11) is 0. The molecule has 0 amide bonds. The summed E-state index contributed by atoms with van der Waals surface area (Å²) in [4.78, 5) is 9.45. The topological polar surface area (TPSA) is 32.5 Å². The summed E-state index contributed by atoms with van der Waals surface area (Å²) in [6.07, 6.45) is 1.78. The molecule has 1 aliphatic heterocycles. The van der Waals surface area contributed by atoms with E-state index in [1.807, 2.05) is 6.07 Å². The molecule has 35 heavy (non-hydrogen) atoms. The lowest BCUT2D eigenvalue weighted by molar-refractivity contribution is 0.652. The molecule has 1 aliphatic rings. The third-order valence-electron chi connectivity index (χ3n) is 6.99. The molecule has 3 heterocycles. The number of allylic oxidation sites excluding steroid dienone is 2. The number of pyridine rings is 1. The van der Waals surface area contributed by atoms with E-state index in [0.29, 0.717) is 11.6 Å². The van der Waals surface area contributed by atoms with Crippen molar-refractivity contribution in [1.82, 2.24) is 4.98 Å². The Morgan fingerprint density at radius 1 is 0.800 bits per heavy atom. The number of rotatable bonds is 4. The van der Waals surface area contributed by atoms with Gasteiger partial charge in [0.15, 0.2) is 0 Å². The van der Waals surface area contributed by atoms with Crippen molar-refractivity contribution in [3.8, 4) is 0 Å². The zero-order valence-electron chi connectivity index (χ0n) is 20.6. The largest absolute Gasteiger partial charge is 0.438 e. The van der Waals surface area contributed by atoms with Gasteiger partial charge in [0.05, 0.1) is 0 Å². The molecule has 0 saturated heterocycles. The molecule has 1 atom stereocenters. The van der Waals surface area contributed by atoms with Crippen LogP contribution >= 0.6 is 0 Å². The highest BCUT2D eigenvalue weighted by Gasteiger charge is 2.40. The van der Waals surface area contributed by atoms with Gasteiger partial charge in [-0.1, -0.05) is 62.4 Å². The number of nitrogens with zero attached hydrogens (tertiary/aromatic N) is 3. The molecule has 0 N–H and O–H groups in total. The van der Waals surface area contributed by atoms with Gasteiger partial charge in [-0.15, -0.1) is 0 Å². The predicted octanol–water partition coefficient (Wildman–Crippen LogP) is 8.20. The molecule has 174 valence electrons. The number of hydrogen-bond acceptors (Lipinski definition) is 4. The second-order valence-corrected chi connectivity index (χ2v) is 9.58. The van der Waals surface area contributed by atoms with Crippen LogP contribution in [0.5, 0.6) is 0 Å². The monoisotopic (exact) mass is 459 g/mol. The quantitative estimate of drug-likeness (QED) is 0.271. The molecule has 4 heteroatoms. The van der Waals surface area contributed by atoms with Crippen molar-refractivity contribution >= 4 is 33.4 Å². The number of fused-ring (bicyclic) bond motifs is 3. The second-order valence-electron chi connectivity index (χ2n) is 9.58. The lowest BCUT2D eigenvalue weighted by Gasteiger charge is -2.36. The molecule has 0 spiro atoms. The first kappa shape index (κ1) is 21.5. The minimum Gasteiger partial charge on any atom is -0.438 e. The predicted molar refractivity (Wildman–Crippen MR) is 144 cm³/mol. The van der Waals surface area contributed by atoms with Gasteiger partial charge in [-0.25, -0.2) is 4.98 Å². The Morgan fingerprint density at radius 2 is 1.51 bits per heavy atom. The fraction of sp³-hybridized carbons (Fsp3) is 0.194. The number of aryl methyl sites for hydroxylation is 1. The molecule has 5 aromatic rings. The Labute approximate surface area is 206 Å². The molecule has 4 nitrogen and oxygen atoms in total. The van der Waals surface area contributed by atoms with Crippen LogP contribution in [0, 0.1) is 12.8 Å². The maximum Gasteiger partial charge on any atom is 0.227 e. The SMILES string of the molecule is CC1=C(C(C)C)N(c2ccccc2)C(c2ccccc2)N1c1cc2c(cc1C)oc1ncccc12. The summed E-state index contributed by atoms with van der Waals surface area (Å²) in [5, 5.41) is 2.14. The van der Waals surface area contributed by atoms with Crippen LogP contribution in [0.25, 0.3) is 22.1 Å². The van der Waals surface area contributed by atoms with E-state index in [2.05, 4.69) is 121 Å². The molecule has 0 bridgehead atoms. The average Bonchev–Trinajstić information content (AvgIpc) is 3.39. The first-order valence-electron chi connectivity index (χ1n) is 12.2. The lowest BCUT2D eigenvalue weighted by atomic mass is 10.1. The van der Waals surface area contributed by atoms with Crippen LogP contribution in [-0.2, 0) is 0 Å². The third-order valence-corrected chi connectivity index (χ3v) is 6.99. The number of benzene rings is 3. The number of para-hydroxylation sites is 1. The Bertz CT molecular complexity index is 1550. The van der Waals surface area contributed by atoms with Gasteiger partial charge in [0, 0.05) is 39.7 Å². The lowest BCUT2D eigenvalue weighted by Crippen LogP contribution is -2.33. The van der Waals surface area contributed by atoms with E-state index in [4.69, 9.17) is 4.42 Å². The van der Waals surface area contributed by atoms with Crippen molar-refractivity contribution < 1.29 is 4.42 Å². The van der Waals surface area contributed by atoms with Gasteiger partial charge in [0.25, 0.3) is 0 Å². The van der Waals surface area contributed by atoms with Gasteiger partial charge < -0.3 is 14.2 Å². The normalized spacial score (nSPS) is 16.3. The van der Waals surface area contributed by atoms with Crippen LogP contribution in [0.3, 0.4) is 0 Å². The second kappa shape index (κ2) is 8.31. The number of furan rings is 1.